The van der Waals surface area contributed by atoms with E-state index in [1.807, 2.05) is 18.7 Å². The minimum Gasteiger partial charge on any atom is -0.397 e. The molecule has 0 aliphatic heterocycles. The second-order valence-corrected chi connectivity index (χ2v) is 4.07. The van der Waals surface area contributed by atoms with E-state index < -0.39 is 5.91 Å². The number of nitrogens with zero attached hydrogens (tertiary/aromatic N) is 3. The molecule has 1 aromatic heterocycles. The summed E-state index contributed by atoms with van der Waals surface area (Å²) in [5, 5.41) is 8.84. The van der Waals surface area contributed by atoms with Crippen LogP contribution in [0.15, 0.2) is 12.3 Å². The number of rotatable bonds is 5. The third-order valence-electron chi connectivity index (χ3n) is 2.55. The van der Waals surface area contributed by atoms with Crippen LogP contribution >= 0.6 is 0 Å². The topological polar surface area (TPSA) is 109 Å². The van der Waals surface area contributed by atoms with Gasteiger partial charge in [-0.1, -0.05) is 0 Å². The van der Waals surface area contributed by atoms with Crippen LogP contribution in [-0.4, -0.2) is 24.0 Å². The van der Waals surface area contributed by atoms with E-state index >= 15 is 0 Å². The fourth-order valence-electron chi connectivity index (χ4n) is 1.64. The van der Waals surface area contributed by atoms with Gasteiger partial charge in [0.05, 0.1) is 29.4 Å². The molecule has 0 aliphatic rings. The monoisotopic (exact) mass is 247 g/mol. The molecular formula is C12H17N5O. The van der Waals surface area contributed by atoms with Gasteiger partial charge in [0.15, 0.2) is 0 Å². The maximum atomic E-state index is 11.4. The highest BCUT2D eigenvalue weighted by atomic mass is 16.1. The van der Waals surface area contributed by atoms with E-state index in [9.17, 15) is 4.79 Å². The molecule has 1 rings (SSSR count). The van der Waals surface area contributed by atoms with Gasteiger partial charge >= 0.3 is 0 Å². The molecule has 0 aliphatic carbocycles. The first-order valence-corrected chi connectivity index (χ1v) is 5.69. The fourth-order valence-corrected chi connectivity index (χ4v) is 1.64. The first-order chi connectivity index (χ1) is 8.49. The largest absolute Gasteiger partial charge is 0.397 e. The average Bonchev–Trinajstić information content (AvgIpc) is 2.35. The first kappa shape index (κ1) is 13.8. The number of anilines is 2. The Balaban J connectivity index is 3.13. The minimum atomic E-state index is -0.576. The van der Waals surface area contributed by atoms with Gasteiger partial charge in [0, 0.05) is 13.1 Å². The molecule has 0 aromatic carbocycles. The average molecular weight is 247 g/mol. The smallest absolute Gasteiger partial charge is 0.252 e. The molecular weight excluding hydrogens is 230 g/mol. The van der Waals surface area contributed by atoms with Gasteiger partial charge in [-0.05, 0) is 19.9 Å². The van der Waals surface area contributed by atoms with Gasteiger partial charge in [-0.3, -0.25) is 4.79 Å². The predicted octanol–water partition coefficient (Wildman–Crippen LogP) is 0.749. The summed E-state index contributed by atoms with van der Waals surface area (Å²) < 4.78 is 0. The quantitative estimate of drug-likeness (QED) is 0.797. The van der Waals surface area contributed by atoms with E-state index in [0.717, 1.165) is 0 Å². The summed E-state index contributed by atoms with van der Waals surface area (Å²) >= 11 is 0. The number of hydrogen-bond donors (Lipinski definition) is 2. The molecule has 6 nitrogen and oxygen atoms in total. The molecule has 1 amide bonds. The van der Waals surface area contributed by atoms with Crippen molar-refractivity contribution in [3.8, 4) is 6.07 Å². The third-order valence-corrected chi connectivity index (χ3v) is 2.55. The lowest BCUT2D eigenvalue weighted by atomic mass is 10.1. The van der Waals surface area contributed by atoms with Crippen LogP contribution in [0.25, 0.3) is 0 Å². The van der Waals surface area contributed by atoms with Gasteiger partial charge in [-0.15, -0.1) is 0 Å². The number of carbonyl (C=O) groups is 1. The van der Waals surface area contributed by atoms with Crippen LogP contribution in [-0.2, 0) is 0 Å². The molecule has 0 spiro atoms. The summed E-state index contributed by atoms with van der Waals surface area (Å²) in [7, 11) is 0. The molecule has 96 valence electrons. The molecule has 18 heavy (non-hydrogen) atoms. The predicted molar refractivity (Wildman–Crippen MR) is 69.8 cm³/mol. The SMILES string of the molecule is CCN(CC(C)C#N)c1ncc(N)cc1C(N)=O. The van der Waals surface area contributed by atoms with Crippen LogP contribution in [0.1, 0.15) is 24.2 Å². The highest BCUT2D eigenvalue weighted by Crippen LogP contribution is 2.20. The number of amides is 1. The van der Waals surface area contributed by atoms with Gasteiger partial charge in [0.1, 0.15) is 5.82 Å². The van der Waals surface area contributed by atoms with Crippen molar-refractivity contribution >= 4 is 17.4 Å². The lowest BCUT2D eigenvalue weighted by Crippen LogP contribution is -2.31. The molecule has 1 aromatic rings. The Kier molecular flexibility index (Phi) is 4.49. The van der Waals surface area contributed by atoms with E-state index in [0.29, 0.717) is 24.6 Å². The van der Waals surface area contributed by atoms with Crippen molar-refractivity contribution in [3.05, 3.63) is 17.8 Å². The van der Waals surface area contributed by atoms with Crippen molar-refractivity contribution in [1.29, 1.82) is 5.26 Å². The third kappa shape index (κ3) is 3.10. The van der Waals surface area contributed by atoms with E-state index in [1.54, 1.807) is 0 Å². The Morgan fingerprint density at radius 1 is 1.67 bits per heavy atom. The van der Waals surface area contributed by atoms with Crippen LogP contribution in [0.5, 0.6) is 0 Å². The maximum absolute atomic E-state index is 11.4. The summed E-state index contributed by atoms with van der Waals surface area (Å²) in [5.74, 6) is -0.265. The highest BCUT2D eigenvalue weighted by Gasteiger charge is 2.17. The van der Waals surface area contributed by atoms with Crippen LogP contribution in [0.2, 0.25) is 0 Å². The lowest BCUT2D eigenvalue weighted by Gasteiger charge is -2.24. The van der Waals surface area contributed by atoms with Gasteiger partial charge < -0.3 is 16.4 Å². The lowest BCUT2D eigenvalue weighted by molar-refractivity contribution is 0.100. The summed E-state index contributed by atoms with van der Waals surface area (Å²) in [6.45, 7) is 4.85. The van der Waals surface area contributed by atoms with Crippen LogP contribution in [0.4, 0.5) is 11.5 Å². The van der Waals surface area contributed by atoms with Gasteiger partial charge in [-0.25, -0.2) is 4.98 Å². The van der Waals surface area contributed by atoms with Crippen LogP contribution in [0, 0.1) is 17.2 Å². The van der Waals surface area contributed by atoms with Crippen molar-refractivity contribution < 1.29 is 4.79 Å². The van der Waals surface area contributed by atoms with Gasteiger partial charge in [-0.2, -0.15) is 5.26 Å². The second kappa shape index (κ2) is 5.87. The van der Waals surface area contributed by atoms with Gasteiger partial charge in [0.25, 0.3) is 5.91 Å². The Hall–Kier alpha value is -2.29. The standard InChI is InChI=1S/C12H17N5O/c1-3-17(7-8(2)5-13)12-10(11(15)18)4-9(14)6-16-12/h4,6,8H,3,7,14H2,1-2H3,(H2,15,18). The van der Waals surface area contributed by atoms with E-state index in [1.165, 1.54) is 12.3 Å². The number of aromatic nitrogens is 1. The molecule has 0 saturated heterocycles. The van der Waals surface area contributed by atoms with Crippen molar-refractivity contribution in [2.45, 2.75) is 13.8 Å². The first-order valence-electron chi connectivity index (χ1n) is 5.69. The molecule has 0 fully saturated rings. The zero-order valence-corrected chi connectivity index (χ0v) is 10.6. The zero-order chi connectivity index (χ0) is 13.7. The maximum Gasteiger partial charge on any atom is 0.252 e. The molecule has 0 bridgehead atoms. The summed E-state index contributed by atoms with van der Waals surface area (Å²) in [6.07, 6.45) is 1.47. The summed E-state index contributed by atoms with van der Waals surface area (Å²) in [6, 6.07) is 3.65. The fraction of sp³-hybridized carbons (Fsp3) is 0.417. The van der Waals surface area contributed by atoms with Crippen LogP contribution in [0.3, 0.4) is 0 Å². The number of carbonyl (C=O) groups excluding carboxylic acids is 1. The summed E-state index contributed by atoms with van der Waals surface area (Å²) in [4.78, 5) is 17.4. The number of primary amides is 1. The van der Waals surface area contributed by atoms with Crippen molar-refractivity contribution in [2.75, 3.05) is 23.7 Å². The van der Waals surface area contributed by atoms with E-state index in [4.69, 9.17) is 16.7 Å². The Morgan fingerprint density at radius 2 is 2.33 bits per heavy atom. The molecule has 6 heteroatoms. The molecule has 1 atom stereocenters. The number of nitriles is 1. The number of hydrogen-bond acceptors (Lipinski definition) is 5. The molecule has 4 N–H and O–H groups in total. The minimum absolute atomic E-state index is 0.162. The van der Waals surface area contributed by atoms with E-state index in [-0.39, 0.29) is 11.5 Å². The zero-order valence-electron chi connectivity index (χ0n) is 10.6. The Morgan fingerprint density at radius 3 is 2.83 bits per heavy atom. The molecule has 1 unspecified atom stereocenters. The number of nitrogens with two attached hydrogens (primary N) is 2. The van der Waals surface area contributed by atoms with Crippen molar-refractivity contribution in [1.82, 2.24) is 4.98 Å². The van der Waals surface area contributed by atoms with E-state index in [2.05, 4.69) is 11.1 Å². The summed E-state index contributed by atoms with van der Waals surface area (Å²) in [5.41, 5.74) is 11.6. The highest BCUT2D eigenvalue weighted by molar-refractivity contribution is 5.98. The van der Waals surface area contributed by atoms with Crippen molar-refractivity contribution in [2.24, 2.45) is 11.7 Å². The molecule has 1 heterocycles. The van der Waals surface area contributed by atoms with Gasteiger partial charge in [0.2, 0.25) is 0 Å². The number of nitrogen functional groups attached to an aromatic ring is 1. The molecule has 0 radical (unpaired) electrons. The van der Waals surface area contributed by atoms with Crippen LogP contribution < -0.4 is 16.4 Å². The number of pyridine rings is 1. The van der Waals surface area contributed by atoms with Crippen molar-refractivity contribution in [3.63, 3.8) is 0 Å². The second-order valence-electron chi connectivity index (χ2n) is 4.07. The molecule has 0 saturated carbocycles. The normalized spacial score (nSPS) is 11.6. The Labute approximate surface area is 106 Å². The Bertz CT molecular complexity index is 480.